The van der Waals surface area contributed by atoms with Crippen molar-refractivity contribution in [3.63, 3.8) is 0 Å². The average Bonchev–Trinajstić information content (AvgIpc) is 2.52. The van der Waals surface area contributed by atoms with Gasteiger partial charge in [-0.3, -0.25) is 0 Å². The second-order valence-corrected chi connectivity index (χ2v) is 4.68. The lowest BCUT2D eigenvalue weighted by Crippen LogP contribution is -2.12. The molecule has 1 aromatic heterocycles. The summed E-state index contributed by atoms with van der Waals surface area (Å²) in [6, 6.07) is 11.4. The Morgan fingerprint density at radius 1 is 1.14 bits per heavy atom. The third kappa shape index (κ3) is 3.55. The zero-order valence-electron chi connectivity index (χ0n) is 11.9. The summed E-state index contributed by atoms with van der Waals surface area (Å²) < 4.78 is 38.1. The molecule has 3 nitrogen and oxygen atoms in total. The molecule has 1 aromatic carbocycles. The quantitative estimate of drug-likeness (QED) is 0.923. The number of benzene rings is 1. The monoisotopic (exact) mass is 305 g/mol. The van der Waals surface area contributed by atoms with Crippen LogP contribution in [0.1, 0.15) is 29.3 Å². The van der Waals surface area contributed by atoms with Crippen molar-refractivity contribution in [2.24, 2.45) is 0 Å². The molecular formula is C16H14F3N3. The Kier molecular flexibility index (Phi) is 4.66. The third-order valence-electron chi connectivity index (χ3n) is 3.25. The van der Waals surface area contributed by atoms with Crippen molar-refractivity contribution in [2.75, 3.05) is 5.32 Å². The van der Waals surface area contributed by atoms with Gasteiger partial charge in [0.05, 0.1) is 5.56 Å². The van der Waals surface area contributed by atoms with E-state index in [4.69, 9.17) is 5.26 Å². The van der Waals surface area contributed by atoms with Gasteiger partial charge in [-0.15, -0.1) is 0 Å². The van der Waals surface area contributed by atoms with E-state index in [9.17, 15) is 13.2 Å². The van der Waals surface area contributed by atoms with Gasteiger partial charge in [0.2, 0.25) is 0 Å². The molecule has 0 aliphatic rings. The maximum absolute atomic E-state index is 12.7. The summed E-state index contributed by atoms with van der Waals surface area (Å²) in [4.78, 5) is 3.53. The van der Waals surface area contributed by atoms with Gasteiger partial charge in [-0.2, -0.15) is 18.4 Å². The first-order chi connectivity index (χ1) is 10.5. The fraction of sp³-hybridized carbons (Fsp3) is 0.250. The number of nitriles is 1. The van der Waals surface area contributed by atoms with Crippen molar-refractivity contribution < 1.29 is 13.2 Å². The van der Waals surface area contributed by atoms with Gasteiger partial charge in [-0.05, 0) is 29.7 Å². The number of aromatic nitrogens is 1. The van der Waals surface area contributed by atoms with E-state index in [2.05, 4.69) is 10.3 Å². The maximum Gasteiger partial charge on any atom is 0.433 e. The first kappa shape index (κ1) is 15.8. The number of alkyl halides is 3. The van der Waals surface area contributed by atoms with Gasteiger partial charge < -0.3 is 5.32 Å². The van der Waals surface area contributed by atoms with Gasteiger partial charge in [-0.1, -0.05) is 31.2 Å². The lowest BCUT2D eigenvalue weighted by Gasteiger charge is -2.13. The van der Waals surface area contributed by atoms with E-state index in [-0.39, 0.29) is 11.4 Å². The van der Waals surface area contributed by atoms with Crippen LogP contribution in [0.25, 0.3) is 0 Å². The molecule has 22 heavy (non-hydrogen) atoms. The number of hydrogen-bond acceptors (Lipinski definition) is 3. The molecule has 0 aliphatic heterocycles. The van der Waals surface area contributed by atoms with Crippen molar-refractivity contribution >= 4 is 5.82 Å². The van der Waals surface area contributed by atoms with E-state index >= 15 is 0 Å². The van der Waals surface area contributed by atoms with Crippen LogP contribution >= 0.6 is 0 Å². The summed E-state index contributed by atoms with van der Waals surface area (Å²) in [5.74, 6) is -0.0526. The predicted molar refractivity (Wildman–Crippen MR) is 77.1 cm³/mol. The molecule has 2 rings (SSSR count). The first-order valence-electron chi connectivity index (χ1n) is 6.74. The lowest BCUT2D eigenvalue weighted by molar-refractivity contribution is -0.141. The fourth-order valence-corrected chi connectivity index (χ4v) is 2.10. The van der Waals surface area contributed by atoms with Crippen LogP contribution in [0.5, 0.6) is 0 Å². The standard InChI is InChI=1S/C16H14F3N3/c1-2-11-5-3-4-6-13(11)10-21-15-12(9-20)7-8-14(22-15)16(17,18)19/h3-8H,2,10H2,1H3,(H,21,22). The smallest absolute Gasteiger partial charge is 0.365 e. The molecule has 0 amide bonds. The molecule has 2 aromatic rings. The molecule has 114 valence electrons. The zero-order chi connectivity index (χ0) is 16.2. The van der Waals surface area contributed by atoms with E-state index in [1.807, 2.05) is 37.3 Å². The minimum atomic E-state index is -4.54. The van der Waals surface area contributed by atoms with Crippen molar-refractivity contribution in [1.29, 1.82) is 5.26 Å². The second kappa shape index (κ2) is 6.48. The van der Waals surface area contributed by atoms with Gasteiger partial charge in [0, 0.05) is 6.54 Å². The molecule has 1 heterocycles. The van der Waals surface area contributed by atoms with Crippen LogP contribution in [0.15, 0.2) is 36.4 Å². The van der Waals surface area contributed by atoms with Crippen LogP contribution < -0.4 is 5.32 Å². The Labute approximate surface area is 126 Å². The van der Waals surface area contributed by atoms with E-state index in [0.717, 1.165) is 29.7 Å². The number of hydrogen-bond donors (Lipinski definition) is 1. The highest BCUT2D eigenvalue weighted by Crippen LogP contribution is 2.29. The van der Waals surface area contributed by atoms with Crippen LogP contribution in [-0.4, -0.2) is 4.98 Å². The summed E-state index contributed by atoms with van der Waals surface area (Å²) in [6.07, 6.45) is -3.72. The van der Waals surface area contributed by atoms with E-state index in [1.54, 1.807) is 0 Å². The Bertz CT molecular complexity index is 703. The van der Waals surface area contributed by atoms with Crippen LogP contribution in [0.2, 0.25) is 0 Å². The number of anilines is 1. The second-order valence-electron chi connectivity index (χ2n) is 4.68. The highest BCUT2D eigenvalue weighted by molar-refractivity contribution is 5.53. The molecule has 0 saturated heterocycles. The predicted octanol–water partition coefficient (Wildman–Crippen LogP) is 4.15. The van der Waals surface area contributed by atoms with Gasteiger partial charge in [0.25, 0.3) is 0 Å². The lowest BCUT2D eigenvalue weighted by atomic mass is 10.1. The molecule has 1 N–H and O–H groups in total. The van der Waals surface area contributed by atoms with Crippen molar-refractivity contribution in [1.82, 2.24) is 4.98 Å². The Morgan fingerprint density at radius 3 is 2.41 bits per heavy atom. The Morgan fingerprint density at radius 2 is 1.82 bits per heavy atom. The van der Waals surface area contributed by atoms with Crippen LogP contribution in [0.4, 0.5) is 19.0 Å². The number of rotatable bonds is 4. The number of aryl methyl sites for hydroxylation is 1. The SMILES string of the molecule is CCc1ccccc1CNc1nc(C(F)(F)F)ccc1C#N. The molecule has 0 aliphatic carbocycles. The van der Waals surface area contributed by atoms with Crippen LogP contribution in [-0.2, 0) is 19.1 Å². The molecule has 0 radical (unpaired) electrons. The van der Waals surface area contributed by atoms with E-state index < -0.39 is 11.9 Å². The number of nitrogens with zero attached hydrogens (tertiary/aromatic N) is 2. The largest absolute Gasteiger partial charge is 0.433 e. The molecule has 0 spiro atoms. The summed E-state index contributed by atoms with van der Waals surface area (Å²) in [7, 11) is 0. The molecule has 0 unspecified atom stereocenters. The molecule has 0 bridgehead atoms. The number of halogens is 3. The van der Waals surface area contributed by atoms with Gasteiger partial charge >= 0.3 is 6.18 Å². The van der Waals surface area contributed by atoms with Crippen molar-refractivity contribution in [3.8, 4) is 6.07 Å². The molecular weight excluding hydrogens is 291 g/mol. The third-order valence-corrected chi connectivity index (χ3v) is 3.25. The Hall–Kier alpha value is -2.55. The maximum atomic E-state index is 12.7. The molecule has 0 atom stereocenters. The highest BCUT2D eigenvalue weighted by atomic mass is 19.4. The highest BCUT2D eigenvalue weighted by Gasteiger charge is 2.33. The number of nitrogens with one attached hydrogen (secondary N) is 1. The van der Waals surface area contributed by atoms with Gasteiger partial charge in [0.15, 0.2) is 0 Å². The minimum Gasteiger partial charge on any atom is -0.365 e. The van der Waals surface area contributed by atoms with Crippen LogP contribution in [0.3, 0.4) is 0 Å². The summed E-state index contributed by atoms with van der Waals surface area (Å²) >= 11 is 0. The molecule has 6 heteroatoms. The summed E-state index contributed by atoms with van der Waals surface area (Å²) in [5, 5.41) is 11.8. The molecule has 0 fully saturated rings. The average molecular weight is 305 g/mol. The Balaban J connectivity index is 2.27. The summed E-state index contributed by atoms with van der Waals surface area (Å²) in [6.45, 7) is 2.31. The van der Waals surface area contributed by atoms with Crippen LogP contribution in [0, 0.1) is 11.3 Å². The minimum absolute atomic E-state index is 0.0526. The number of pyridine rings is 1. The van der Waals surface area contributed by atoms with Crippen molar-refractivity contribution in [3.05, 3.63) is 58.8 Å². The normalized spacial score (nSPS) is 11.0. The van der Waals surface area contributed by atoms with Crippen molar-refractivity contribution in [2.45, 2.75) is 26.1 Å². The summed E-state index contributed by atoms with van der Waals surface area (Å²) in [5.41, 5.74) is 1.13. The van der Waals surface area contributed by atoms with E-state index in [1.165, 1.54) is 0 Å². The first-order valence-corrected chi connectivity index (χ1v) is 6.74. The zero-order valence-corrected chi connectivity index (χ0v) is 11.9. The fourth-order valence-electron chi connectivity index (χ4n) is 2.10. The van der Waals surface area contributed by atoms with Gasteiger partial charge in [0.1, 0.15) is 17.6 Å². The van der Waals surface area contributed by atoms with Gasteiger partial charge in [-0.25, -0.2) is 4.98 Å². The van der Waals surface area contributed by atoms with E-state index in [0.29, 0.717) is 6.54 Å². The topological polar surface area (TPSA) is 48.7 Å². The molecule has 0 saturated carbocycles.